The highest BCUT2D eigenvalue weighted by Crippen LogP contribution is 2.35. The molecule has 0 spiro atoms. The minimum atomic E-state index is -0.446. The van der Waals surface area contributed by atoms with Crippen LogP contribution in [0.3, 0.4) is 0 Å². The Kier molecular flexibility index (Phi) is 17.3. The summed E-state index contributed by atoms with van der Waals surface area (Å²) < 4.78 is 26.2. The summed E-state index contributed by atoms with van der Waals surface area (Å²) in [7, 11) is 0. The molecule has 14 nitrogen and oxygen atoms in total. The monoisotopic (exact) mass is 1040 g/mol. The highest BCUT2D eigenvalue weighted by molar-refractivity contribution is 7.17. The summed E-state index contributed by atoms with van der Waals surface area (Å²) in [6.07, 6.45) is 6.83. The third-order valence-corrected chi connectivity index (χ3v) is 16.6. The van der Waals surface area contributed by atoms with Crippen LogP contribution < -0.4 is 29.1 Å². The molecule has 6 heterocycles. The normalized spacial score (nSPS) is 16.4. The second-order valence-corrected chi connectivity index (χ2v) is 21.6. The number of benzene rings is 4. The Bertz CT molecular complexity index is 2700. The molecular weight excluding hydrogens is 973 g/mol. The molecule has 74 heavy (non-hydrogen) atoms. The van der Waals surface area contributed by atoms with Gasteiger partial charge in [0.2, 0.25) is 11.8 Å². The Labute approximate surface area is 442 Å². The minimum Gasteiger partial charge on any atom is -0.494 e. The number of amides is 2. The van der Waals surface area contributed by atoms with Crippen LogP contribution in [0.1, 0.15) is 75.3 Å². The fourth-order valence-corrected chi connectivity index (χ4v) is 12.3. The Morgan fingerprint density at radius 3 is 1.36 bits per heavy atom. The van der Waals surface area contributed by atoms with Gasteiger partial charge in [0.15, 0.2) is 13.5 Å². The van der Waals surface area contributed by atoms with Crippen LogP contribution in [0, 0.1) is 0 Å². The smallest absolute Gasteiger partial charge is 0.307 e. The molecule has 6 aromatic rings. The average Bonchev–Trinajstić information content (AvgIpc) is 4.13. The maximum Gasteiger partial charge on any atom is 0.307 e. The van der Waals surface area contributed by atoms with Gasteiger partial charge in [-0.3, -0.25) is 38.8 Å². The molecule has 0 N–H and O–H groups in total. The maximum atomic E-state index is 13.1. The van der Waals surface area contributed by atoms with Crippen LogP contribution in [0.2, 0.25) is 0 Å². The second kappa shape index (κ2) is 24.9. The van der Waals surface area contributed by atoms with Crippen molar-refractivity contribution in [1.29, 1.82) is 0 Å². The van der Waals surface area contributed by atoms with E-state index in [-0.39, 0.29) is 38.1 Å². The molecule has 0 atom stereocenters. The number of thiophene rings is 2. The van der Waals surface area contributed by atoms with E-state index in [1.165, 1.54) is 41.3 Å². The number of unbranched alkanes of at least 4 members (excludes halogenated alkanes) is 3. The second-order valence-electron chi connectivity index (χ2n) is 19.7. The number of nitrogens with zero attached hydrogens (tertiary/aromatic N) is 6. The molecule has 2 fully saturated rings. The standard InChI is InChI=1S/C58H68N6O8S2/c65-55-21-17-43-15-19-45(69-35-5-3-25-59-27-31-61(32-28-59)49-9-7-11-53-47(49)23-37-73-53)39-51(43)63(55)41-71-57(67)13-1-2-14-58(68)72-42-64-52-40-46(20-16-44(52)18-22-56(64)66)70-36-6-4-26-60-29-33-62(34-30-60)50-10-8-12-54-48(50)24-38-74-54/h7-12,15-16,19-20,23-24,37-40H,1-6,13-14,17-18,21-22,25-36,41-42H2. The molecule has 2 saturated heterocycles. The van der Waals surface area contributed by atoms with E-state index in [2.05, 4.69) is 78.9 Å². The van der Waals surface area contributed by atoms with E-state index in [0.29, 0.717) is 74.6 Å². The molecule has 0 unspecified atom stereocenters. The van der Waals surface area contributed by atoms with Gasteiger partial charge in [-0.2, -0.15) is 0 Å². The highest BCUT2D eigenvalue weighted by Gasteiger charge is 2.28. The molecule has 4 aliphatic heterocycles. The summed E-state index contributed by atoms with van der Waals surface area (Å²) in [5.74, 6) is 0.270. The first-order valence-corrected chi connectivity index (χ1v) is 28.4. The van der Waals surface area contributed by atoms with Crippen molar-refractivity contribution in [1.82, 2.24) is 9.80 Å². The summed E-state index contributed by atoms with van der Waals surface area (Å²) in [6.45, 7) is 11.1. The number of hydrogen-bond acceptors (Lipinski definition) is 14. The number of fused-ring (bicyclic) bond motifs is 4. The number of carbonyl (C=O) groups is 4. The zero-order valence-electron chi connectivity index (χ0n) is 42.4. The molecular formula is C58H68N6O8S2. The van der Waals surface area contributed by atoms with Gasteiger partial charge in [0.05, 0.1) is 24.6 Å². The van der Waals surface area contributed by atoms with Gasteiger partial charge < -0.3 is 28.7 Å². The quantitative estimate of drug-likeness (QED) is 0.0448. The Balaban J connectivity index is 0.590. The molecule has 2 amide bonds. The highest BCUT2D eigenvalue weighted by atomic mass is 32.1. The van der Waals surface area contributed by atoms with Crippen molar-refractivity contribution in [2.45, 2.75) is 77.0 Å². The fraction of sp³-hybridized carbons (Fsp3) is 0.448. The van der Waals surface area contributed by atoms with Crippen molar-refractivity contribution in [3.63, 3.8) is 0 Å². The van der Waals surface area contributed by atoms with Crippen molar-refractivity contribution < 1.29 is 38.1 Å². The third kappa shape index (κ3) is 12.8. The van der Waals surface area contributed by atoms with E-state index >= 15 is 0 Å². The average molecular weight is 1040 g/mol. The van der Waals surface area contributed by atoms with Crippen LogP contribution in [0.25, 0.3) is 20.2 Å². The van der Waals surface area contributed by atoms with Crippen molar-refractivity contribution in [3.05, 3.63) is 107 Å². The largest absolute Gasteiger partial charge is 0.494 e. The number of aryl methyl sites for hydroxylation is 2. The number of piperazine rings is 2. The zero-order valence-corrected chi connectivity index (χ0v) is 44.0. The van der Waals surface area contributed by atoms with Crippen molar-refractivity contribution in [2.75, 3.05) is 112 Å². The number of hydrogen-bond donors (Lipinski definition) is 0. The van der Waals surface area contributed by atoms with Gasteiger partial charge >= 0.3 is 11.9 Å². The number of carbonyl (C=O) groups excluding carboxylic acids is 4. The lowest BCUT2D eigenvalue weighted by Crippen LogP contribution is -2.46. The minimum absolute atomic E-state index is 0.0953. The molecule has 2 aromatic heterocycles. The molecule has 390 valence electrons. The van der Waals surface area contributed by atoms with Crippen LogP contribution in [0.4, 0.5) is 22.7 Å². The molecule has 0 radical (unpaired) electrons. The van der Waals surface area contributed by atoms with Crippen molar-refractivity contribution in [3.8, 4) is 11.5 Å². The Morgan fingerprint density at radius 2 is 0.919 bits per heavy atom. The van der Waals surface area contributed by atoms with E-state index in [9.17, 15) is 19.2 Å². The van der Waals surface area contributed by atoms with Gasteiger partial charge in [0, 0.05) is 122 Å². The van der Waals surface area contributed by atoms with E-state index in [1.807, 2.05) is 36.4 Å². The molecule has 10 rings (SSSR count). The van der Waals surface area contributed by atoms with Crippen LogP contribution in [-0.2, 0) is 41.5 Å². The first-order chi connectivity index (χ1) is 36.3. The summed E-state index contributed by atoms with van der Waals surface area (Å²) in [5.41, 5.74) is 6.11. The fourth-order valence-electron chi connectivity index (χ4n) is 10.6. The number of rotatable bonds is 23. The Morgan fingerprint density at radius 1 is 0.473 bits per heavy atom. The molecule has 0 bridgehead atoms. The van der Waals surface area contributed by atoms with Crippen LogP contribution >= 0.6 is 22.7 Å². The van der Waals surface area contributed by atoms with Crippen LogP contribution in [-0.4, -0.2) is 126 Å². The first-order valence-electron chi connectivity index (χ1n) is 26.6. The molecule has 4 aromatic carbocycles. The zero-order chi connectivity index (χ0) is 50.6. The molecule has 0 saturated carbocycles. The third-order valence-electron chi connectivity index (χ3n) is 14.9. The summed E-state index contributed by atoms with van der Waals surface area (Å²) in [6, 6.07) is 29.3. The van der Waals surface area contributed by atoms with Crippen LogP contribution in [0.5, 0.6) is 11.5 Å². The summed E-state index contributed by atoms with van der Waals surface area (Å²) >= 11 is 3.59. The predicted octanol–water partition coefficient (Wildman–Crippen LogP) is 9.90. The predicted molar refractivity (Wildman–Crippen MR) is 295 cm³/mol. The van der Waals surface area contributed by atoms with Gasteiger partial charge in [0.25, 0.3) is 0 Å². The maximum absolute atomic E-state index is 13.1. The Hall–Kier alpha value is -6.20. The molecule has 16 heteroatoms. The lowest BCUT2D eigenvalue weighted by Gasteiger charge is -2.36. The lowest BCUT2D eigenvalue weighted by molar-refractivity contribution is -0.146. The SMILES string of the molecule is O=C(CCCCC(=O)OCN1C(=O)CCc2ccc(OCCCCN3CCN(c4cccc5sccc45)CC3)cc21)OCN1C(=O)CCc2ccc(OCCCCN3CCN(c4cccc5sccc45)CC3)cc21. The number of anilines is 4. The van der Waals surface area contributed by atoms with Crippen molar-refractivity contribution >= 4 is 89.3 Å². The van der Waals surface area contributed by atoms with Gasteiger partial charge in [-0.1, -0.05) is 24.3 Å². The summed E-state index contributed by atoms with van der Waals surface area (Å²) in [4.78, 5) is 64.9. The van der Waals surface area contributed by atoms with Gasteiger partial charge in [-0.15, -0.1) is 22.7 Å². The summed E-state index contributed by atoms with van der Waals surface area (Å²) in [5, 5.41) is 7.04. The lowest BCUT2D eigenvalue weighted by atomic mass is 10.0. The first kappa shape index (κ1) is 51.3. The van der Waals surface area contributed by atoms with Gasteiger partial charge in [-0.25, -0.2) is 0 Å². The van der Waals surface area contributed by atoms with E-state index < -0.39 is 11.9 Å². The van der Waals surface area contributed by atoms with Gasteiger partial charge in [0.1, 0.15) is 11.5 Å². The van der Waals surface area contributed by atoms with E-state index in [1.54, 1.807) is 22.7 Å². The van der Waals surface area contributed by atoms with E-state index in [4.69, 9.17) is 18.9 Å². The van der Waals surface area contributed by atoms with Crippen molar-refractivity contribution in [2.24, 2.45) is 0 Å². The number of esters is 2. The topological polar surface area (TPSA) is 125 Å². The van der Waals surface area contributed by atoms with Crippen LogP contribution in [0.15, 0.2) is 95.7 Å². The molecule has 0 aliphatic carbocycles. The van der Waals surface area contributed by atoms with E-state index in [0.717, 1.165) is 102 Å². The number of ether oxygens (including phenoxy) is 4. The molecule has 4 aliphatic rings. The van der Waals surface area contributed by atoms with Gasteiger partial charge in [-0.05, 0) is 135 Å².